The van der Waals surface area contributed by atoms with Crippen molar-refractivity contribution in [2.24, 2.45) is 0 Å². The molecular formula is C12H17N3O3. The largest absolute Gasteiger partial charge is 0.371 e. The summed E-state index contributed by atoms with van der Waals surface area (Å²) in [4.78, 5) is 28.5. The van der Waals surface area contributed by atoms with E-state index in [1.807, 2.05) is 0 Å². The molecule has 2 saturated heterocycles. The Hall–Kier alpha value is -1.82. The Morgan fingerprint density at radius 3 is 2.33 bits per heavy atom. The zero-order valence-corrected chi connectivity index (χ0v) is 10.2. The van der Waals surface area contributed by atoms with Gasteiger partial charge in [-0.3, -0.25) is 0 Å². The van der Waals surface area contributed by atoms with Crippen molar-refractivity contribution in [3.05, 3.63) is 25.3 Å². The van der Waals surface area contributed by atoms with Crippen LogP contribution in [0.25, 0.3) is 0 Å². The van der Waals surface area contributed by atoms with Crippen LogP contribution in [0.2, 0.25) is 0 Å². The van der Waals surface area contributed by atoms with E-state index in [2.05, 4.69) is 13.2 Å². The molecule has 2 rings (SSSR count). The second-order valence-corrected chi connectivity index (χ2v) is 4.29. The van der Waals surface area contributed by atoms with Crippen molar-refractivity contribution in [2.45, 2.75) is 6.10 Å². The van der Waals surface area contributed by atoms with Crippen LogP contribution in [0.4, 0.5) is 9.59 Å². The first kappa shape index (κ1) is 12.6. The molecule has 0 spiro atoms. The first-order chi connectivity index (χ1) is 8.67. The number of carbonyl (C=O) groups is 2. The summed E-state index contributed by atoms with van der Waals surface area (Å²) >= 11 is 0. The van der Waals surface area contributed by atoms with E-state index >= 15 is 0 Å². The van der Waals surface area contributed by atoms with Gasteiger partial charge in [0, 0.05) is 6.54 Å². The van der Waals surface area contributed by atoms with E-state index in [0.29, 0.717) is 19.7 Å². The van der Waals surface area contributed by atoms with Gasteiger partial charge >= 0.3 is 12.1 Å². The van der Waals surface area contributed by atoms with Crippen molar-refractivity contribution in [1.82, 2.24) is 14.7 Å². The maximum absolute atomic E-state index is 12.1. The summed E-state index contributed by atoms with van der Waals surface area (Å²) in [6.45, 7) is 9.31. The van der Waals surface area contributed by atoms with Crippen molar-refractivity contribution >= 4 is 12.1 Å². The minimum atomic E-state index is -0.298. The van der Waals surface area contributed by atoms with Crippen LogP contribution in [0.5, 0.6) is 0 Å². The highest BCUT2D eigenvalue weighted by molar-refractivity contribution is 5.95. The molecule has 2 fully saturated rings. The van der Waals surface area contributed by atoms with Crippen molar-refractivity contribution in [1.29, 1.82) is 0 Å². The van der Waals surface area contributed by atoms with Crippen LogP contribution >= 0.6 is 0 Å². The average Bonchev–Trinajstić information content (AvgIpc) is 3.15. The van der Waals surface area contributed by atoms with Crippen molar-refractivity contribution in [3.63, 3.8) is 0 Å². The van der Waals surface area contributed by atoms with Crippen molar-refractivity contribution in [3.8, 4) is 0 Å². The molecule has 4 amide bonds. The molecule has 0 N–H and O–H groups in total. The maximum Gasteiger partial charge on any atom is 0.330 e. The van der Waals surface area contributed by atoms with Gasteiger partial charge in [0.05, 0.1) is 32.5 Å². The molecule has 0 radical (unpaired) electrons. The van der Waals surface area contributed by atoms with Crippen LogP contribution < -0.4 is 0 Å². The number of amides is 4. The number of hydrogen-bond donors (Lipinski definition) is 0. The smallest absolute Gasteiger partial charge is 0.330 e. The third-order valence-corrected chi connectivity index (χ3v) is 2.83. The lowest BCUT2D eigenvalue weighted by Crippen LogP contribution is -2.61. The quantitative estimate of drug-likeness (QED) is 0.520. The number of ether oxygens (including phenoxy) is 1. The number of epoxide rings is 1. The number of nitrogens with zero attached hydrogens (tertiary/aromatic N) is 3. The Morgan fingerprint density at radius 1 is 1.17 bits per heavy atom. The van der Waals surface area contributed by atoms with E-state index in [-0.39, 0.29) is 31.4 Å². The minimum Gasteiger partial charge on any atom is -0.371 e. The molecule has 0 bridgehead atoms. The van der Waals surface area contributed by atoms with Gasteiger partial charge < -0.3 is 14.5 Å². The fraction of sp³-hybridized carbons (Fsp3) is 0.500. The van der Waals surface area contributed by atoms with Crippen LogP contribution in [-0.4, -0.2) is 65.8 Å². The summed E-state index contributed by atoms with van der Waals surface area (Å²) in [5, 5.41) is 0. The number of imide groups is 1. The summed E-state index contributed by atoms with van der Waals surface area (Å²) < 4.78 is 5.12. The molecule has 0 aliphatic carbocycles. The minimum absolute atomic E-state index is 0.110. The highest BCUT2D eigenvalue weighted by Crippen LogP contribution is 2.17. The zero-order valence-electron chi connectivity index (χ0n) is 10.2. The van der Waals surface area contributed by atoms with Gasteiger partial charge in [-0.05, 0) is 0 Å². The number of rotatable bonds is 6. The van der Waals surface area contributed by atoms with Gasteiger partial charge in [-0.2, -0.15) is 0 Å². The SMILES string of the molecule is C=CCN1CN(CC2CO2)C(=O)N(CC=C)C1=O. The Labute approximate surface area is 106 Å². The molecule has 2 aliphatic rings. The van der Waals surface area contributed by atoms with Crippen LogP contribution in [0.15, 0.2) is 25.3 Å². The predicted molar refractivity (Wildman–Crippen MR) is 65.9 cm³/mol. The van der Waals surface area contributed by atoms with Crippen LogP contribution in [-0.2, 0) is 4.74 Å². The molecule has 0 saturated carbocycles. The summed E-state index contributed by atoms with van der Waals surface area (Å²) in [6, 6.07) is -0.580. The van der Waals surface area contributed by atoms with Crippen molar-refractivity contribution in [2.75, 3.05) is 32.9 Å². The lowest BCUT2D eigenvalue weighted by Gasteiger charge is -2.40. The molecule has 2 aliphatic heterocycles. The van der Waals surface area contributed by atoms with Crippen LogP contribution in [0.3, 0.4) is 0 Å². The second-order valence-electron chi connectivity index (χ2n) is 4.29. The lowest BCUT2D eigenvalue weighted by atomic mass is 10.3. The monoisotopic (exact) mass is 251 g/mol. The van der Waals surface area contributed by atoms with E-state index in [4.69, 9.17) is 4.74 Å². The number of carbonyl (C=O) groups excluding carboxylic acids is 2. The van der Waals surface area contributed by atoms with Gasteiger partial charge in [0.25, 0.3) is 0 Å². The first-order valence-electron chi connectivity index (χ1n) is 5.86. The van der Waals surface area contributed by atoms with Gasteiger partial charge in [0.1, 0.15) is 0 Å². The number of hydrogen-bond acceptors (Lipinski definition) is 3. The highest BCUT2D eigenvalue weighted by atomic mass is 16.6. The Bertz CT molecular complexity index is 379. The summed E-state index contributed by atoms with van der Waals surface area (Å²) in [5.74, 6) is 0. The fourth-order valence-corrected chi connectivity index (χ4v) is 1.88. The molecular weight excluding hydrogens is 234 g/mol. The summed E-state index contributed by atoms with van der Waals surface area (Å²) in [5.41, 5.74) is 0. The predicted octanol–water partition coefficient (Wildman–Crippen LogP) is 0.874. The van der Waals surface area contributed by atoms with Crippen LogP contribution in [0.1, 0.15) is 0 Å². The Kier molecular flexibility index (Phi) is 3.66. The van der Waals surface area contributed by atoms with Gasteiger partial charge in [-0.1, -0.05) is 12.2 Å². The third-order valence-electron chi connectivity index (χ3n) is 2.83. The molecule has 1 atom stereocenters. The molecule has 1 unspecified atom stereocenters. The summed E-state index contributed by atoms with van der Waals surface area (Å²) in [7, 11) is 0. The van der Waals surface area contributed by atoms with E-state index in [1.54, 1.807) is 22.0 Å². The van der Waals surface area contributed by atoms with E-state index in [0.717, 1.165) is 0 Å². The van der Waals surface area contributed by atoms with Gasteiger partial charge in [0.2, 0.25) is 0 Å². The van der Waals surface area contributed by atoms with Gasteiger partial charge in [-0.25, -0.2) is 14.5 Å². The topological polar surface area (TPSA) is 56.4 Å². The molecule has 2 heterocycles. The van der Waals surface area contributed by atoms with E-state index in [9.17, 15) is 9.59 Å². The Morgan fingerprint density at radius 2 is 1.78 bits per heavy atom. The molecule has 6 heteroatoms. The van der Waals surface area contributed by atoms with Crippen LogP contribution in [0, 0.1) is 0 Å². The lowest BCUT2D eigenvalue weighted by molar-refractivity contribution is 0.0828. The van der Waals surface area contributed by atoms with Gasteiger partial charge in [-0.15, -0.1) is 13.2 Å². The normalized spacial score (nSPS) is 23.3. The second kappa shape index (κ2) is 5.22. The molecule has 98 valence electrons. The maximum atomic E-state index is 12.1. The molecule has 0 aromatic heterocycles. The fourth-order valence-electron chi connectivity index (χ4n) is 1.88. The molecule has 6 nitrogen and oxygen atoms in total. The molecule has 0 aromatic rings. The van der Waals surface area contributed by atoms with E-state index in [1.165, 1.54) is 4.90 Å². The third kappa shape index (κ3) is 2.53. The first-order valence-corrected chi connectivity index (χ1v) is 5.86. The Balaban J connectivity index is 2.10. The van der Waals surface area contributed by atoms with E-state index < -0.39 is 0 Å². The van der Waals surface area contributed by atoms with Crippen molar-refractivity contribution < 1.29 is 14.3 Å². The highest BCUT2D eigenvalue weighted by Gasteiger charge is 2.38. The standard InChI is InChI=1S/C12H17N3O3/c1-3-5-13-9-14(7-10-8-18-10)12(17)15(6-4-2)11(13)16/h3-4,10H,1-2,5-9H2. The van der Waals surface area contributed by atoms with Gasteiger partial charge in [0.15, 0.2) is 0 Å². The zero-order chi connectivity index (χ0) is 13.1. The average molecular weight is 251 g/mol. The molecule has 0 aromatic carbocycles. The molecule has 18 heavy (non-hydrogen) atoms. The summed E-state index contributed by atoms with van der Waals surface area (Å²) in [6.07, 6.45) is 3.29. The number of urea groups is 2.